The van der Waals surface area contributed by atoms with E-state index in [4.69, 9.17) is 28.7 Å². The first kappa shape index (κ1) is 33.0. The highest BCUT2D eigenvalue weighted by atomic mass is 32.2. The first-order valence-corrected chi connectivity index (χ1v) is 15.9. The number of thioether (sulfide) groups is 1. The lowest BCUT2D eigenvalue weighted by Gasteiger charge is -2.49. The predicted molar refractivity (Wildman–Crippen MR) is 152 cm³/mol. The first-order valence-electron chi connectivity index (χ1n) is 14.9. The molecule has 0 aromatic carbocycles. The summed E-state index contributed by atoms with van der Waals surface area (Å²) >= 11 is 1.54. The van der Waals surface area contributed by atoms with Gasteiger partial charge >= 0.3 is 23.9 Å². The standard InChI is InChI=1S/C28H41N3O11S/c1-15(32)38-13-23-24(39-16(2)33)25(40-17(3)34)26(41-18(4)35)27(42-23)30-22-8-6-5-7-21(22)29-28(30)43-14-19-9-11-20(12-10-19)31(36)37/h19-27H,5-14H2,1-4H3/t19?,20?,21?,22?,23?,24-,25+,26?,27-/m1/s1. The van der Waals surface area contributed by atoms with Crippen molar-refractivity contribution in [1.82, 2.24) is 4.90 Å². The second-order valence-corrected chi connectivity index (χ2v) is 12.6. The zero-order valence-electron chi connectivity index (χ0n) is 25.0. The maximum Gasteiger partial charge on any atom is 0.303 e. The number of esters is 4. The van der Waals surface area contributed by atoms with Gasteiger partial charge in [-0.1, -0.05) is 24.6 Å². The van der Waals surface area contributed by atoms with Gasteiger partial charge in [-0.15, -0.1) is 0 Å². The smallest absolute Gasteiger partial charge is 0.303 e. The Morgan fingerprint density at radius 1 is 0.884 bits per heavy atom. The van der Waals surface area contributed by atoms with Gasteiger partial charge in [-0.25, -0.2) is 0 Å². The lowest BCUT2D eigenvalue weighted by atomic mass is 9.87. The van der Waals surface area contributed by atoms with Crippen molar-refractivity contribution in [3.8, 4) is 0 Å². The van der Waals surface area contributed by atoms with Crippen molar-refractivity contribution in [3.63, 3.8) is 0 Å². The Morgan fingerprint density at radius 2 is 1.49 bits per heavy atom. The highest BCUT2D eigenvalue weighted by Crippen LogP contribution is 2.41. The van der Waals surface area contributed by atoms with Gasteiger partial charge in [-0.3, -0.25) is 34.3 Å². The van der Waals surface area contributed by atoms with Crippen LogP contribution in [0, 0.1) is 16.0 Å². The summed E-state index contributed by atoms with van der Waals surface area (Å²) in [5, 5.41) is 11.9. The lowest BCUT2D eigenvalue weighted by Crippen LogP contribution is -2.67. The number of carbonyl (C=O) groups is 4. The van der Waals surface area contributed by atoms with E-state index in [2.05, 4.69) is 0 Å². The second-order valence-electron chi connectivity index (χ2n) is 11.6. The monoisotopic (exact) mass is 627 g/mol. The number of aliphatic imine (C=N–C) groups is 1. The number of carbonyl (C=O) groups excluding carboxylic acids is 4. The van der Waals surface area contributed by atoms with Gasteiger partial charge in [0.2, 0.25) is 6.04 Å². The maximum absolute atomic E-state index is 12.4. The van der Waals surface area contributed by atoms with Crippen LogP contribution < -0.4 is 0 Å². The minimum atomic E-state index is -1.25. The van der Waals surface area contributed by atoms with Gasteiger partial charge in [-0.2, -0.15) is 0 Å². The number of nitro groups is 1. The van der Waals surface area contributed by atoms with E-state index < -0.39 is 60.6 Å². The van der Waals surface area contributed by atoms with Crippen molar-refractivity contribution in [2.45, 2.75) is 128 Å². The molecule has 0 N–H and O–H groups in total. The Balaban J connectivity index is 1.66. The van der Waals surface area contributed by atoms with Crippen LogP contribution >= 0.6 is 11.8 Å². The third-order valence-electron chi connectivity index (χ3n) is 8.35. The first-order chi connectivity index (χ1) is 20.4. The molecular formula is C28H41N3O11S. The molecular weight excluding hydrogens is 586 g/mol. The van der Waals surface area contributed by atoms with E-state index in [1.807, 2.05) is 4.90 Å². The van der Waals surface area contributed by atoms with Crippen molar-refractivity contribution in [1.29, 1.82) is 0 Å². The van der Waals surface area contributed by atoms with Crippen LogP contribution in [0.3, 0.4) is 0 Å². The summed E-state index contributed by atoms with van der Waals surface area (Å²) in [6.07, 6.45) is 0.512. The zero-order chi connectivity index (χ0) is 31.3. The molecule has 0 radical (unpaired) electrons. The molecule has 0 aromatic rings. The van der Waals surface area contributed by atoms with Crippen molar-refractivity contribution < 1.29 is 47.8 Å². The number of amidine groups is 1. The van der Waals surface area contributed by atoms with Crippen LogP contribution in [0.15, 0.2) is 4.99 Å². The largest absolute Gasteiger partial charge is 0.463 e. The van der Waals surface area contributed by atoms with Crippen LogP contribution in [0.5, 0.6) is 0 Å². The quantitative estimate of drug-likeness (QED) is 0.158. The van der Waals surface area contributed by atoms with E-state index in [0.29, 0.717) is 23.8 Å². The van der Waals surface area contributed by atoms with Crippen LogP contribution in [0.2, 0.25) is 0 Å². The zero-order valence-corrected chi connectivity index (χ0v) is 25.8. The summed E-state index contributed by atoms with van der Waals surface area (Å²) in [6, 6.07) is -0.599. The summed E-state index contributed by atoms with van der Waals surface area (Å²) in [5.74, 6) is -1.61. The molecule has 2 aliphatic heterocycles. The normalized spacial score (nSPS) is 33.9. The average molecular weight is 628 g/mol. The fourth-order valence-corrected chi connectivity index (χ4v) is 7.79. The average Bonchev–Trinajstić information content (AvgIpc) is 3.30. The summed E-state index contributed by atoms with van der Waals surface area (Å²) in [6.45, 7) is 4.56. The van der Waals surface area contributed by atoms with Crippen LogP contribution in [-0.2, 0) is 42.9 Å². The number of rotatable bonds is 9. The Labute approximate surface area is 254 Å². The van der Waals surface area contributed by atoms with Crippen LogP contribution in [0.1, 0.15) is 79.1 Å². The van der Waals surface area contributed by atoms with E-state index in [-0.39, 0.29) is 29.5 Å². The van der Waals surface area contributed by atoms with E-state index in [1.54, 1.807) is 11.8 Å². The van der Waals surface area contributed by atoms with Gasteiger partial charge in [0.05, 0.1) is 12.1 Å². The van der Waals surface area contributed by atoms with Crippen LogP contribution in [0.25, 0.3) is 0 Å². The number of nitrogens with zero attached hydrogens (tertiary/aromatic N) is 3. The minimum Gasteiger partial charge on any atom is -0.463 e. The molecule has 0 spiro atoms. The summed E-state index contributed by atoms with van der Waals surface area (Å²) < 4.78 is 28.7. The molecule has 1 saturated heterocycles. The highest BCUT2D eigenvalue weighted by molar-refractivity contribution is 8.13. The van der Waals surface area contributed by atoms with Gasteiger partial charge in [0.25, 0.3) is 0 Å². The minimum absolute atomic E-state index is 0.0201. The van der Waals surface area contributed by atoms with Crippen LogP contribution in [-0.4, -0.2) is 100.0 Å². The van der Waals surface area contributed by atoms with E-state index in [9.17, 15) is 29.3 Å². The van der Waals surface area contributed by atoms with Crippen LogP contribution in [0.4, 0.5) is 0 Å². The van der Waals surface area contributed by atoms with E-state index in [1.165, 1.54) is 27.7 Å². The van der Waals surface area contributed by atoms with Gasteiger partial charge in [0.1, 0.15) is 12.7 Å². The summed E-state index contributed by atoms with van der Waals surface area (Å²) in [5.41, 5.74) is 0. The molecule has 43 heavy (non-hydrogen) atoms. The molecule has 3 fully saturated rings. The molecule has 4 unspecified atom stereocenters. The van der Waals surface area contributed by atoms with Gasteiger partial charge in [-0.05, 0) is 31.6 Å². The molecule has 0 bridgehead atoms. The number of hydrogen-bond donors (Lipinski definition) is 0. The third-order valence-corrected chi connectivity index (χ3v) is 9.56. The van der Waals surface area contributed by atoms with Crippen molar-refractivity contribution >= 4 is 40.8 Å². The third kappa shape index (κ3) is 8.37. The van der Waals surface area contributed by atoms with Gasteiger partial charge < -0.3 is 28.6 Å². The van der Waals surface area contributed by atoms with Gasteiger partial charge in [0, 0.05) is 51.2 Å². The topological polar surface area (TPSA) is 173 Å². The molecule has 14 nitrogen and oxygen atoms in total. The molecule has 2 aliphatic carbocycles. The van der Waals surface area contributed by atoms with Crippen molar-refractivity contribution in [3.05, 3.63) is 10.1 Å². The summed E-state index contributed by atoms with van der Waals surface area (Å²) in [7, 11) is 0. The molecule has 4 rings (SSSR count). The number of fused-ring (bicyclic) bond motifs is 1. The second kappa shape index (κ2) is 14.7. The highest BCUT2D eigenvalue weighted by Gasteiger charge is 2.57. The SMILES string of the molecule is CC(=O)OCC1O[C@@H](N2C(SCC3CCC([N+](=O)[O-])CC3)=NC3CCCCC32)C(OC(C)=O)[C@@H](OC(C)=O)[C@@H]1OC(C)=O. The Morgan fingerprint density at radius 3 is 2.09 bits per heavy atom. The molecule has 2 saturated carbocycles. The summed E-state index contributed by atoms with van der Waals surface area (Å²) in [4.78, 5) is 66.6. The molecule has 2 heterocycles. The van der Waals surface area contributed by atoms with Crippen molar-refractivity contribution in [2.75, 3.05) is 12.4 Å². The molecule has 0 amide bonds. The maximum atomic E-state index is 12.4. The lowest BCUT2D eigenvalue weighted by molar-refractivity contribution is -0.526. The van der Waals surface area contributed by atoms with E-state index in [0.717, 1.165) is 38.5 Å². The molecule has 0 aromatic heterocycles. The van der Waals surface area contributed by atoms with Gasteiger partial charge in [0.15, 0.2) is 29.7 Å². The van der Waals surface area contributed by atoms with Crippen molar-refractivity contribution in [2.24, 2.45) is 10.9 Å². The molecule has 240 valence electrons. The van der Waals surface area contributed by atoms with E-state index >= 15 is 0 Å². The molecule has 7 atom stereocenters. The number of ether oxygens (including phenoxy) is 5. The fourth-order valence-electron chi connectivity index (χ4n) is 6.47. The molecule has 15 heteroatoms. The molecule has 4 aliphatic rings. The Bertz CT molecular complexity index is 1100. The number of hydrogen-bond acceptors (Lipinski definition) is 14. The Kier molecular flexibility index (Phi) is 11.3. The Hall–Kier alpha value is -2.94. The predicted octanol–water partition coefficient (Wildman–Crippen LogP) is 2.62. The fraction of sp³-hybridized carbons (Fsp3) is 0.821.